The highest BCUT2D eigenvalue weighted by Gasteiger charge is 2.31. The molecule has 17 heavy (non-hydrogen) atoms. The van der Waals surface area contributed by atoms with Gasteiger partial charge in [-0.3, -0.25) is 0 Å². The number of benzene rings is 1. The van der Waals surface area contributed by atoms with Gasteiger partial charge in [0.05, 0.1) is 12.7 Å². The van der Waals surface area contributed by atoms with Gasteiger partial charge in [0.1, 0.15) is 11.9 Å². The zero-order valence-corrected chi connectivity index (χ0v) is 10.4. The molecule has 0 aromatic heterocycles. The Morgan fingerprint density at radius 2 is 2.12 bits per heavy atom. The lowest BCUT2D eigenvalue weighted by Gasteiger charge is -2.21. The van der Waals surface area contributed by atoms with E-state index < -0.39 is 6.10 Å². The van der Waals surface area contributed by atoms with Crippen LogP contribution in [0.5, 0.6) is 5.75 Å². The predicted octanol–water partition coefficient (Wildman–Crippen LogP) is 2.54. The molecule has 3 nitrogen and oxygen atoms in total. The zero-order valence-electron chi connectivity index (χ0n) is 10.4. The number of aliphatic hydroxyl groups excluding tert-OH is 1. The molecule has 1 N–H and O–H groups in total. The van der Waals surface area contributed by atoms with Crippen LogP contribution in [0.15, 0.2) is 24.3 Å². The Morgan fingerprint density at radius 1 is 1.41 bits per heavy atom. The third kappa shape index (κ3) is 2.79. The van der Waals surface area contributed by atoms with Crippen LogP contribution in [0.2, 0.25) is 0 Å². The van der Waals surface area contributed by atoms with E-state index in [9.17, 15) is 5.11 Å². The highest BCUT2D eigenvalue weighted by molar-refractivity contribution is 5.29. The van der Waals surface area contributed by atoms with Crippen LogP contribution in [0.4, 0.5) is 0 Å². The van der Waals surface area contributed by atoms with E-state index in [0.717, 1.165) is 24.3 Å². The van der Waals surface area contributed by atoms with Crippen LogP contribution in [0.3, 0.4) is 0 Å². The highest BCUT2D eigenvalue weighted by Crippen LogP contribution is 2.31. The number of rotatable bonds is 4. The van der Waals surface area contributed by atoms with E-state index in [1.807, 2.05) is 31.2 Å². The molecule has 1 aromatic rings. The van der Waals surface area contributed by atoms with Crippen LogP contribution in [0, 0.1) is 5.92 Å². The summed E-state index contributed by atoms with van der Waals surface area (Å²) >= 11 is 0. The van der Waals surface area contributed by atoms with E-state index in [-0.39, 0.29) is 6.10 Å². The minimum Gasteiger partial charge on any atom is -0.494 e. The van der Waals surface area contributed by atoms with Crippen molar-refractivity contribution < 1.29 is 14.6 Å². The zero-order chi connectivity index (χ0) is 12.3. The molecule has 3 unspecified atom stereocenters. The Morgan fingerprint density at radius 3 is 2.65 bits per heavy atom. The minimum absolute atomic E-state index is 0.0760. The monoisotopic (exact) mass is 236 g/mol. The maximum absolute atomic E-state index is 10.2. The number of hydrogen-bond donors (Lipinski definition) is 1. The van der Waals surface area contributed by atoms with Gasteiger partial charge >= 0.3 is 0 Å². The molecule has 2 rings (SSSR count). The van der Waals surface area contributed by atoms with Crippen LogP contribution >= 0.6 is 0 Å². The molecule has 1 aromatic carbocycles. The summed E-state index contributed by atoms with van der Waals surface area (Å²) in [6.07, 6.45) is 0.412. The average molecular weight is 236 g/mol. The first kappa shape index (κ1) is 12.4. The summed E-state index contributed by atoms with van der Waals surface area (Å²) in [5.74, 6) is 1.25. The fraction of sp³-hybridized carbons (Fsp3) is 0.571. The molecule has 1 fully saturated rings. The van der Waals surface area contributed by atoms with Crippen LogP contribution in [-0.2, 0) is 4.74 Å². The van der Waals surface area contributed by atoms with Gasteiger partial charge < -0.3 is 14.6 Å². The molecule has 1 heterocycles. The van der Waals surface area contributed by atoms with Gasteiger partial charge in [0.25, 0.3) is 0 Å². The van der Waals surface area contributed by atoms with Crippen LogP contribution in [0.1, 0.15) is 31.9 Å². The maximum atomic E-state index is 10.2. The molecule has 0 bridgehead atoms. The molecular weight excluding hydrogens is 216 g/mol. The highest BCUT2D eigenvalue weighted by atomic mass is 16.5. The first-order chi connectivity index (χ1) is 8.22. The Bertz CT molecular complexity index is 347. The molecule has 1 saturated heterocycles. The maximum Gasteiger partial charge on any atom is 0.119 e. The topological polar surface area (TPSA) is 38.7 Å². The fourth-order valence-electron chi connectivity index (χ4n) is 2.24. The molecular formula is C14H20O3. The van der Waals surface area contributed by atoms with Crippen molar-refractivity contribution in [2.24, 2.45) is 5.92 Å². The molecule has 0 radical (unpaired) electrons. The van der Waals surface area contributed by atoms with Crippen LogP contribution < -0.4 is 4.74 Å². The van der Waals surface area contributed by atoms with Crippen molar-refractivity contribution in [3.8, 4) is 5.75 Å². The third-order valence-electron chi connectivity index (χ3n) is 3.29. The van der Waals surface area contributed by atoms with Crippen molar-refractivity contribution in [3.05, 3.63) is 29.8 Å². The quantitative estimate of drug-likeness (QED) is 0.873. The van der Waals surface area contributed by atoms with Gasteiger partial charge in [-0.2, -0.15) is 0 Å². The molecule has 94 valence electrons. The van der Waals surface area contributed by atoms with E-state index in [0.29, 0.717) is 12.5 Å². The van der Waals surface area contributed by atoms with E-state index in [4.69, 9.17) is 9.47 Å². The third-order valence-corrected chi connectivity index (χ3v) is 3.29. The number of aliphatic hydroxyl groups is 1. The molecule has 3 atom stereocenters. The van der Waals surface area contributed by atoms with Crippen molar-refractivity contribution in [1.82, 2.24) is 0 Å². The van der Waals surface area contributed by atoms with Gasteiger partial charge in [-0.1, -0.05) is 19.1 Å². The van der Waals surface area contributed by atoms with Crippen LogP contribution in [0.25, 0.3) is 0 Å². The van der Waals surface area contributed by atoms with Crippen molar-refractivity contribution in [3.63, 3.8) is 0 Å². The summed E-state index contributed by atoms with van der Waals surface area (Å²) in [5, 5.41) is 10.2. The van der Waals surface area contributed by atoms with Gasteiger partial charge in [-0.25, -0.2) is 0 Å². The summed E-state index contributed by atoms with van der Waals surface area (Å²) in [7, 11) is 0. The van der Waals surface area contributed by atoms with Crippen LogP contribution in [-0.4, -0.2) is 24.4 Å². The van der Waals surface area contributed by atoms with E-state index >= 15 is 0 Å². The first-order valence-corrected chi connectivity index (χ1v) is 6.24. The summed E-state index contributed by atoms with van der Waals surface area (Å²) in [6.45, 7) is 5.48. The van der Waals surface area contributed by atoms with Gasteiger partial charge in [-0.05, 0) is 37.0 Å². The van der Waals surface area contributed by atoms with Crippen molar-refractivity contribution in [2.75, 3.05) is 13.2 Å². The van der Waals surface area contributed by atoms with Crippen molar-refractivity contribution in [1.29, 1.82) is 0 Å². The number of hydrogen-bond acceptors (Lipinski definition) is 3. The van der Waals surface area contributed by atoms with Gasteiger partial charge in [-0.15, -0.1) is 0 Å². The molecule has 0 spiro atoms. The summed E-state index contributed by atoms with van der Waals surface area (Å²) in [4.78, 5) is 0. The molecule has 0 aliphatic carbocycles. The average Bonchev–Trinajstić information content (AvgIpc) is 2.76. The van der Waals surface area contributed by atoms with Gasteiger partial charge in [0.2, 0.25) is 0 Å². The van der Waals surface area contributed by atoms with Crippen molar-refractivity contribution >= 4 is 0 Å². The minimum atomic E-state index is -0.539. The second-order valence-corrected chi connectivity index (χ2v) is 4.55. The largest absolute Gasteiger partial charge is 0.494 e. The molecule has 0 saturated carbocycles. The standard InChI is InChI=1S/C14H20O3/c1-3-16-12-6-4-11(5-7-12)13(15)14-10(2)8-9-17-14/h4-7,10,13-15H,3,8-9H2,1-2H3. The molecule has 1 aliphatic rings. The molecule has 0 amide bonds. The molecule has 3 heteroatoms. The Kier molecular flexibility index (Phi) is 4.02. The number of ether oxygens (including phenoxy) is 2. The summed E-state index contributed by atoms with van der Waals surface area (Å²) in [6, 6.07) is 7.59. The Balaban J connectivity index is 2.05. The lowest BCUT2D eigenvalue weighted by atomic mass is 9.95. The second-order valence-electron chi connectivity index (χ2n) is 4.55. The van der Waals surface area contributed by atoms with E-state index in [1.54, 1.807) is 0 Å². The fourth-order valence-corrected chi connectivity index (χ4v) is 2.24. The normalized spacial score (nSPS) is 25.8. The van der Waals surface area contributed by atoms with E-state index in [1.165, 1.54) is 0 Å². The summed E-state index contributed by atoms with van der Waals surface area (Å²) < 4.78 is 11.0. The lowest BCUT2D eigenvalue weighted by molar-refractivity contribution is -0.0178. The summed E-state index contributed by atoms with van der Waals surface area (Å²) in [5.41, 5.74) is 0.896. The van der Waals surface area contributed by atoms with Gasteiger partial charge in [0.15, 0.2) is 0 Å². The molecule has 1 aliphatic heterocycles. The lowest BCUT2D eigenvalue weighted by Crippen LogP contribution is -2.22. The Labute approximate surface area is 102 Å². The Hall–Kier alpha value is -1.06. The predicted molar refractivity (Wildman–Crippen MR) is 66.1 cm³/mol. The first-order valence-electron chi connectivity index (χ1n) is 6.24. The van der Waals surface area contributed by atoms with Crippen molar-refractivity contribution in [2.45, 2.75) is 32.5 Å². The smallest absolute Gasteiger partial charge is 0.119 e. The SMILES string of the molecule is CCOc1ccc(C(O)C2OCCC2C)cc1. The van der Waals surface area contributed by atoms with E-state index in [2.05, 4.69) is 6.92 Å². The van der Waals surface area contributed by atoms with Gasteiger partial charge in [0, 0.05) is 6.61 Å². The second kappa shape index (κ2) is 5.52.